The van der Waals surface area contributed by atoms with Gasteiger partial charge in [-0.2, -0.15) is 0 Å². The Kier molecular flexibility index (Phi) is 3.51. The van der Waals surface area contributed by atoms with Gasteiger partial charge in [0, 0.05) is 18.7 Å². The first kappa shape index (κ1) is 13.1. The van der Waals surface area contributed by atoms with Crippen molar-refractivity contribution in [1.82, 2.24) is 10.1 Å². The molecule has 0 saturated heterocycles. The smallest absolute Gasteiger partial charge is 0.170 e. The Labute approximate surface area is 122 Å². The lowest BCUT2D eigenvalue weighted by molar-refractivity contribution is 0.425. The van der Waals surface area contributed by atoms with E-state index in [-0.39, 0.29) is 0 Å². The molecule has 0 radical (unpaired) electrons. The lowest BCUT2D eigenvalue weighted by atomic mass is 10.1. The second-order valence-electron chi connectivity index (χ2n) is 4.74. The molecule has 0 fully saturated rings. The minimum atomic E-state index is 0.440. The number of rotatable bonds is 4. The Balaban J connectivity index is 1.81. The summed E-state index contributed by atoms with van der Waals surface area (Å²) < 4.78 is 5.36. The number of aromatic nitrogens is 2. The van der Waals surface area contributed by atoms with Gasteiger partial charge in [-0.15, -0.1) is 0 Å². The third kappa shape index (κ3) is 2.84. The first-order chi connectivity index (χ1) is 10.3. The molecular formula is C17H15N3O. The van der Waals surface area contributed by atoms with Gasteiger partial charge < -0.3 is 10.3 Å². The number of nitrogens with two attached hydrogens (primary N) is 1. The quantitative estimate of drug-likeness (QED) is 0.792. The summed E-state index contributed by atoms with van der Waals surface area (Å²) in [6, 6.07) is 13.8. The summed E-state index contributed by atoms with van der Waals surface area (Å²) in [6.07, 6.45) is 4.18. The van der Waals surface area contributed by atoms with E-state index >= 15 is 0 Å². The number of nitrogen functional groups attached to an aromatic ring is 1. The van der Waals surface area contributed by atoms with Crippen LogP contribution in [0.1, 0.15) is 16.8 Å². The second-order valence-corrected chi connectivity index (χ2v) is 4.74. The lowest BCUT2D eigenvalue weighted by Gasteiger charge is -1.99. The minimum Gasteiger partial charge on any atom is -0.383 e. The first-order valence-electron chi connectivity index (χ1n) is 6.64. The minimum absolute atomic E-state index is 0.440. The van der Waals surface area contributed by atoms with Crippen LogP contribution in [-0.2, 0) is 6.42 Å². The zero-order valence-corrected chi connectivity index (χ0v) is 11.5. The van der Waals surface area contributed by atoms with Gasteiger partial charge >= 0.3 is 0 Å². The molecule has 0 saturated carbocycles. The molecule has 3 aromatic rings. The van der Waals surface area contributed by atoms with E-state index in [1.807, 2.05) is 36.4 Å². The van der Waals surface area contributed by atoms with Crippen molar-refractivity contribution < 1.29 is 4.52 Å². The summed E-state index contributed by atoms with van der Waals surface area (Å²) in [5.41, 5.74) is 9.73. The predicted octanol–water partition coefficient (Wildman–Crippen LogP) is 3.55. The maximum absolute atomic E-state index is 5.84. The molecule has 0 atom stereocenters. The van der Waals surface area contributed by atoms with Crippen LogP contribution in [0.2, 0.25) is 0 Å². The van der Waals surface area contributed by atoms with Crippen molar-refractivity contribution in [2.24, 2.45) is 0 Å². The van der Waals surface area contributed by atoms with Gasteiger partial charge in [0.25, 0.3) is 0 Å². The van der Waals surface area contributed by atoms with Gasteiger partial charge in [0.15, 0.2) is 5.76 Å². The molecule has 3 rings (SSSR count). The lowest BCUT2D eigenvalue weighted by Crippen LogP contribution is -1.91. The van der Waals surface area contributed by atoms with E-state index in [9.17, 15) is 0 Å². The van der Waals surface area contributed by atoms with Crippen LogP contribution in [0.4, 0.5) is 5.82 Å². The molecular weight excluding hydrogens is 262 g/mol. The molecule has 0 bridgehead atoms. The van der Waals surface area contributed by atoms with Crippen LogP contribution >= 0.6 is 0 Å². The Morgan fingerprint density at radius 2 is 2.00 bits per heavy atom. The third-order valence-electron chi connectivity index (χ3n) is 3.26. The first-order valence-corrected chi connectivity index (χ1v) is 6.64. The molecule has 0 aliphatic heterocycles. The molecule has 0 aliphatic rings. The van der Waals surface area contributed by atoms with Crippen LogP contribution in [0.3, 0.4) is 0 Å². The monoisotopic (exact) mass is 277 g/mol. The van der Waals surface area contributed by atoms with Gasteiger partial charge in [0.05, 0.1) is 11.3 Å². The van der Waals surface area contributed by atoms with Crippen molar-refractivity contribution in [2.75, 3.05) is 5.73 Å². The van der Waals surface area contributed by atoms with Crippen LogP contribution in [-0.4, -0.2) is 10.1 Å². The molecule has 21 heavy (non-hydrogen) atoms. The number of anilines is 1. The maximum Gasteiger partial charge on any atom is 0.170 e. The summed E-state index contributed by atoms with van der Waals surface area (Å²) in [5, 5.41) is 4.09. The highest BCUT2D eigenvalue weighted by molar-refractivity contribution is 5.69. The van der Waals surface area contributed by atoms with E-state index in [1.165, 1.54) is 5.56 Å². The predicted molar refractivity (Wildman–Crippen MR) is 83.5 cm³/mol. The van der Waals surface area contributed by atoms with E-state index in [4.69, 9.17) is 10.3 Å². The number of pyridine rings is 1. The second kappa shape index (κ2) is 5.63. The Hall–Kier alpha value is -2.88. The molecule has 104 valence electrons. The molecule has 2 N–H and O–H groups in total. The van der Waals surface area contributed by atoms with Crippen LogP contribution in [0, 0.1) is 0 Å². The van der Waals surface area contributed by atoms with Crippen molar-refractivity contribution in [3.8, 4) is 11.3 Å². The third-order valence-corrected chi connectivity index (χ3v) is 3.26. The number of hydrogen-bond acceptors (Lipinski definition) is 4. The van der Waals surface area contributed by atoms with E-state index < -0.39 is 0 Å². The van der Waals surface area contributed by atoms with Gasteiger partial charge in [0.2, 0.25) is 0 Å². The highest BCUT2D eigenvalue weighted by Crippen LogP contribution is 2.25. The van der Waals surface area contributed by atoms with Crippen LogP contribution in [0.15, 0.2) is 59.8 Å². The molecule has 4 heteroatoms. The standard InChI is InChI=1S/C17H15N3O/c1-2-12-5-7-13(8-6-12)10-14-11-16(21-20-14)15-4-3-9-19-17(15)18/h2-9,11H,1,10H2,(H2,18,19). The molecule has 0 amide bonds. The maximum atomic E-state index is 5.84. The average molecular weight is 277 g/mol. The summed E-state index contributed by atoms with van der Waals surface area (Å²) >= 11 is 0. The molecule has 0 unspecified atom stereocenters. The fourth-order valence-corrected chi connectivity index (χ4v) is 2.13. The summed E-state index contributed by atoms with van der Waals surface area (Å²) in [7, 11) is 0. The van der Waals surface area contributed by atoms with Gasteiger partial charge in [0.1, 0.15) is 5.82 Å². The van der Waals surface area contributed by atoms with E-state index in [2.05, 4.69) is 28.9 Å². The molecule has 4 nitrogen and oxygen atoms in total. The highest BCUT2D eigenvalue weighted by Gasteiger charge is 2.10. The summed E-state index contributed by atoms with van der Waals surface area (Å²) in [6.45, 7) is 3.74. The van der Waals surface area contributed by atoms with Crippen molar-refractivity contribution in [3.05, 3.63) is 72.1 Å². The van der Waals surface area contributed by atoms with Gasteiger partial charge in [-0.3, -0.25) is 0 Å². The topological polar surface area (TPSA) is 64.9 Å². The van der Waals surface area contributed by atoms with Gasteiger partial charge in [-0.25, -0.2) is 4.98 Å². The SMILES string of the molecule is C=Cc1ccc(Cc2cc(-c3cccnc3N)on2)cc1. The molecule has 2 aromatic heterocycles. The molecule has 1 aromatic carbocycles. The molecule has 0 spiro atoms. The Morgan fingerprint density at radius 1 is 1.19 bits per heavy atom. The summed E-state index contributed by atoms with van der Waals surface area (Å²) in [4.78, 5) is 4.05. The fraction of sp³-hybridized carbons (Fsp3) is 0.0588. The zero-order valence-electron chi connectivity index (χ0n) is 11.5. The van der Waals surface area contributed by atoms with Crippen molar-refractivity contribution in [2.45, 2.75) is 6.42 Å². The van der Waals surface area contributed by atoms with Crippen molar-refractivity contribution >= 4 is 11.9 Å². The van der Waals surface area contributed by atoms with E-state index in [0.717, 1.165) is 16.8 Å². The van der Waals surface area contributed by atoms with E-state index in [1.54, 1.807) is 6.20 Å². The Bertz CT molecular complexity index is 760. The number of benzene rings is 1. The van der Waals surface area contributed by atoms with Gasteiger partial charge in [-0.1, -0.05) is 42.1 Å². The average Bonchev–Trinajstić information content (AvgIpc) is 2.97. The van der Waals surface area contributed by atoms with Crippen molar-refractivity contribution in [1.29, 1.82) is 0 Å². The number of hydrogen-bond donors (Lipinski definition) is 1. The fourth-order valence-electron chi connectivity index (χ4n) is 2.13. The zero-order chi connectivity index (χ0) is 14.7. The molecule has 0 aliphatic carbocycles. The van der Waals surface area contributed by atoms with Crippen molar-refractivity contribution in [3.63, 3.8) is 0 Å². The number of nitrogens with zero attached hydrogens (tertiary/aromatic N) is 2. The normalized spacial score (nSPS) is 10.5. The van der Waals surface area contributed by atoms with Crippen LogP contribution in [0.5, 0.6) is 0 Å². The van der Waals surface area contributed by atoms with Gasteiger partial charge in [-0.05, 0) is 23.3 Å². The Morgan fingerprint density at radius 3 is 2.71 bits per heavy atom. The summed E-state index contributed by atoms with van der Waals surface area (Å²) in [5.74, 6) is 1.08. The largest absolute Gasteiger partial charge is 0.383 e. The van der Waals surface area contributed by atoms with Crippen LogP contribution in [0.25, 0.3) is 17.4 Å². The van der Waals surface area contributed by atoms with E-state index in [0.29, 0.717) is 18.0 Å². The van der Waals surface area contributed by atoms with Crippen LogP contribution < -0.4 is 5.73 Å². The molecule has 2 heterocycles. The highest BCUT2D eigenvalue weighted by atomic mass is 16.5.